The van der Waals surface area contributed by atoms with Gasteiger partial charge in [0.2, 0.25) is 0 Å². The first-order valence-corrected chi connectivity index (χ1v) is 1.90. The minimum Gasteiger partial charge on any atom is -0.479 e. The zero-order chi connectivity index (χ0) is 6.08. The topological polar surface area (TPSA) is 94.0 Å². The summed E-state index contributed by atoms with van der Waals surface area (Å²) in [5, 5.41) is 16.5. The minimum atomic E-state index is -1.58. The number of carboxylic acids is 1. The number of hydrogen-bond donors (Lipinski definition) is 3. The number of quaternary nitrogens is 1. The first-order chi connectivity index (χ1) is 2.94. The number of rotatable bonds is 1. The van der Waals surface area contributed by atoms with E-state index in [1.54, 1.807) is 0 Å². The molecule has 0 aromatic heterocycles. The minimum absolute atomic E-state index is 0. The van der Waals surface area contributed by atoms with Crippen LogP contribution in [0.2, 0.25) is 0 Å². The molecular formula is C4H12NO3+. The Kier molecular flexibility index (Phi) is 3.42. The Morgan fingerprint density at radius 3 is 1.62 bits per heavy atom. The Hall–Kier alpha value is -0.610. The van der Waals surface area contributed by atoms with Crippen LogP contribution in [0, 0.1) is 0 Å². The van der Waals surface area contributed by atoms with Crippen molar-refractivity contribution in [2.75, 3.05) is 0 Å². The molecule has 50 valence electrons. The van der Waals surface area contributed by atoms with Crippen molar-refractivity contribution in [2.24, 2.45) is 0 Å². The summed E-state index contributed by atoms with van der Waals surface area (Å²) < 4.78 is 0. The third-order valence-electron chi connectivity index (χ3n) is 0.523. The molecule has 0 aromatic rings. The molecular weight excluding hydrogens is 110 g/mol. The third-order valence-corrected chi connectivity index (χ3v) is 0.523. The predicted molar refractivity (Wildman–Crippen MR) is 29.9 cm³/mol. The van der Waals surface area contributed by atoms with E-state index in [0.717, 1.165) is 0 Å². The molecule has 0 aliphatic carbocycles. The van der Waals surface area contributed by atoms with Gasteiger partial charge in [-0.1, -0.05) is 0 Å². The largest absolute Gasteiger partial charge is 0.479 e. The van der Waals surface area contributed by atoms with Crippen LogP contribution in [0.3, 0.4) is 0 Å². The molecule has 0 unspecified atom stereocenters. The number of aliphatic hydroxyl groups is 1. The van der Waals surface area contributed by atoms with Crippen LogP contribution in [0.4, 0.5) is 0 Å². The molecule has 6 N–H and O–H groups in total. The summed E-state index contributed by atoms with van der Waals surface area (Å²) in [6, 6.07) is 0. The normalized spacial score (nSPS) is 9.88. The molecule has 0 aliphatic rings. The van der Waals surface area contributed by atoms with Crippen molar-refractivity contribution in [1.82, 2.24) is 6.15 Å². The molecule has 0 heterocycles. The van der Waals surface area contributed by atoms with Crippen LogP contribution in [0.15, 0.2) is 0 Å². The lowest BCUT2D eigenvalue weighted by atomic mass is 10.1. The highest BCUT2D eigenvalue weighted by molar-refractivity contribution is 5.75. The highest BCUT2D eigenvalue weighted by Crippen LogP contribution is 1.97. The highest BCUT2D eigenvalue weighted by Gasteiger charge is 2.21. The van der Waals surface area contributed by atoms with E-state index in [0.29, 0.717) is 0 Å². The molecule has 0 bridgehead atoms. The van der Waals surface area contributed by atoms with Gasteiger partial charge >= 0.3 is 5.97 Å². The van der Waals surface area contributed by atoms with Crippen molar-refractivity contribution in [3.05, 3.63) is 0 Å². The van der Waals surface area contributed by atoms with Crippen molar-refractivity contribution < 1.29 is 15.0 Å². The molecule has 4 nitrogen and oxygen atoms in total. The van der Waals surface area contributed by atoms with E-state index >= 15 is 0 Å². The van der Waals surface area contributed by atoms with Crippen molar-refractivity contribution in [3.8, 4) is 0 Å². The lowest BCUT2D eigenvalue weighted by Crippen LogP contribution is -2.30. The van der Waals surface area contributed by atoms with Gasteiger partial charge in [0.25, 0.3) is 0 Å². The van der Waals surface area contributed by atoms with Crippen LogP contribution in [-0.2, 0) is 4.79 Å². The zero-order valence-corrected chi connectivity index (χ0v) is 5.30. The Bertz CT molecular complexity index is 83.8. The monoisotopic (exact) mass is 122 g/mol. The van der Waals surface area contributed by atoms with E-state index < -0.39 is 11.6 Å². The van der Waals surface area contributed by atoms with Crippen LogP contribution in [0.1, 0.15) is 13.8 Å². The van der Waals surface area contributed by atoms with Gasteiger partial charge in [-0.3, -0.25) is 0 Å². The average Bonchev–Trinajstić information content (AvgIpc) is 1.31. The molecule has 0 rings (SSSR count). The molecule has 0 radical (unpaired) electrons. The fraction of sp³-hybridized carbons (Fsp3) is 0.750. The second kappa shape index (κ2) is 2.64. The van der Waals surface area contributed by atoms with Crippen LogP contribution in [-0.4, -0.2) is 21.8 Å². The molecule has 8 heavy (non-hydrogen) atoms. The third kappa shape index (κ3) is 3.58. The Morgan fingerprint density at radius 2 is 1.62 bits per heavy atom. The van der Waals surface area contributed by atoms with E-state index in [-0.39, 0.29) is 6.15 Å². The van der Waals surface area contributed by atoms with E-state index in [2.05, 4.69) is 0 Å². The van der Waals surface area contributed by atoms with Crippen molar-refractivity contribution in [1.29, 1.82) is 0 Å². The summed E-state index contributed by atoms with van der Waals surface area (Å²) in [6.45, 7) is 2.44. The molecule has 0 aromatic carbocycles. The second-order valence-electron chi connectivity index (χ2n) is 1.86. The first kappa shape index (κ1) is 10.4. The maximum Gasteiger partial charge on any atom is 0.335 e. The van der Waals surface area contributed by atoms with Crippen LogP contribution in [0.25, 0.3) is 0 Å². The lowest BCUT2D eigenvalue weighted by Gasteiger charge is -2.07. The molecule has 0 atom stereocenters. The Morgan fingerprint density at radius 1 is 1.50 bits per heavy atom. The summed E-state index contributed by atoms with van der Waals surface area (Å²) in [5.74, 6) is -1.20. The van der Waals surface area contributed by atoms with Crippen molar-refractivity contribution in [2.45, 2.75) is 19.4 Å². The summed E-state index contributed by atoms with van der Waals surface area (Å²) in [4.78, 5) is 9.77. The van der Waals surface area contributed by atoms with Crippen LogP contribution >= 0.6 is 0 Å². The molecule has 0 saturated heterocycles. The SMILES string of the molecule is CC(C)(O)C(=O)O.[NH4+]. The van der Waals surface area contributed by atoms with Crippen LogP contribution < -0.4 is 6.15 Å². The Balaban J connectivity index is 0. The van der Waals surface area contributed by atoms with Gasteiger partial charge in [-0.15, -0.1) is 0 Å². The zero-order valence-electron chi connectivity index (χ0n) is 5.30. The summed E-state index contributed by atoms with van der Waals surface area (Å²) in [7, 11) is 0. The van der Waals surface area contributed by atoms with Gasteiger partial charge < -0.3 is 16.4 Å². The van der Waals surface area contributed by atoms with Gasteiger partial charge in [-0.05, 0) is 13.8 Å². The van der Waals surface area contributed by atoms with Crippen molar-refractivity contribution in [3.63, 3.8) is 0 Å². The molecule has 0 amide bonds. The maximum absolute atomic E-state index is 9.77. The summed E-state index contributed by atoms with van der Waals surface area (Å²) in [5.41, 5.74) is -1.58. The molecule has 0 aliphatic heterocycles. The van der Waals surface area contributed by atoms with Gasteiger partial charge in [0, 0.05) is 0 Å². The smallest absolute Gasteiger partial charge is 0.335 e. The number of carboxylic acid groups (broad SMARTS) is 1. The Labute approximate surface area is 47.7 Å². The fourth-order valence-corrected chi connectivity index (χ4v) is 0. The lowest BCUT2D eigenvalue weighted by molar-refractivity contribution is -0.154. The number of hydrogen-bond acceptors (Lipinski definition) is 2. The molecule has 0 saturated carbocycles. The quantitative estimate of drug-likeness (QED) is 0.464. The van der Waals surface area contributed by atoms with Crippen LogP contribution in [0.5, 0.6) is 0 Å². The first-order valence-electron chi connectivity index (χ1n) is 1.90. The van der Waals surface area contributed by atoms with Gasteiger partial charge in [-0.25, -0.2) is 4.79 Å². The van der Waals surface area contributed by atoms with Gasteiger partial charge in [0.15, 0.2) is 5.60 Å². The van der Waals surface area contributed by atoms with E-state index in [9.17, 15) is 4.79 Å². The van der Waals surface area contributed by atoms with Crippen molar-refractivity contribution >= 4 is 5.97 Å². The van der Waals surface area contributed by atoms with Gasteiger partial charge in [0.1, 0.15) is 0 Å². The number of carbonyl (C=O) groups is 1. The molecule has 0 spiro atoms. The average molecular weight is 122 g/mol. The molecule has 4 heteroatoms. The van der Waals surface area contributed by atoms with Gasteiger partial charge in [0.05, 0.1) is 0 Å². The van der Waals surface area contributed by atoms with E-state index in [1.807, 2.05) is 0 Å². The molecule has 0 fully saturated rings. The van der Waals surface area contributed by atoms with Gasteiger partial charge in [-0.2, -0.15) is 0 Å². The summed E-state index contributed by atoms with van der Waals surface area (Å²) in [6.07, 6.45) is 0. The second-order valence-corrected chi connectivity index (χ2v) is 1.86. The number of aliphatic carboxylic acids is 1. The van der Waals surface area contributed by atoms with E-state index in [4.69, 9.17) is 10.2 Å². The maximum atomic E-state index is 9.77. The predicted octanol–water partition coefficient (Wildman–Crippen LogP) is 0.218. The van der Waals surface area contributed by atoms with E-state index in [1.165, 1.54) is 13.8 Å². The highest BCUT2D eigenvalue weighted by atomic mass is 16.4. The summed E-state index contributed by atoms with van der Waals surface area (Å²) >= 11 is 0. The fourth-order valence-electron chi connectivity index (χ4n) is 0. The standard InChI is InChI=1S/C4H8O3.H3N/c1-4(2,7)3(5)6;/h7H,1-2H3,(H,5,6);1H3/p+1.